The summed E-state index contributed by atoms with van der Waals surface area (Å²) in [7, 11) is 1.38. The van der Waals surface area contributed by atoms with Gasteiger partial charge < -0.3 is 15.8 Å². The van der Waals surface area contributed by atoms with E-state index in [-0.39, 0.29) is 5.97 Å². The van der Waals surface area contributed by atoms with E-state index in [1.807, 2.05) is 0 Å². The topological polar surface area (TPSA) is 64.3 Å². The minimum Gasteiger partial charge on any atom is -0.468 e. The van der Waals surface area contributed by atoms with Crippen LogP contribution in [-0.2, 0) is 9.53 Å². The van der Waals surface area contributed by atoms with Crippen LogP contribution in [0.3, 0.4) is 0 Å². The van der Waals surface area contributed by atoms with E-state index in [2.05, 4.69) is 30.8 Å². The third kappa shape index (κ3) is 2.05. The first-order chi connectivity index (χ1) is 8.31. The molecule has 2 aliphatic rings. The largest absolute Gasteiger partial charge is 0.468 e. The summed E-state index contributed by atoms with van der Waals surface area (Å²) < 4.78 is 4.66. The maximum Gasteiger partial charge on any atom is 0.323 e. The number of hydrogen-bond donors (Lipinski definition) is 2. The summed E-state index contributed by atoms with van der Waals surface area (Å²) in [6.07, 6.45) is 3.92. The van der Waals surface area contributed by atoms with E-state index in [0.29, 0.717) is 23.4 Å². The molecule has 2 rings (SSSR count). The third-order valence-electron chi connectivity index (χ3n) is 5.32. The Morgan fingerprint density at radius 1 is 1.50 bits per heavy atom. The van der Waals surface area contributed by atoms with Crippen LogP contribution in [0.25, 0.3) is 0 Å². The van der Waals surface area contributed by atoms with Crippen molar-refractivity contribution in [2.45, 2.75) is 52.1 Å². The fourth-order valence-corrected chi connectivity index (χ4v) is 4.29. The Balaban J connectivity index is 1.99. The highest BCUT2D eigenvalue weighted by atomic mass is 16.5. The van der Waals surface area contributed by atoms with Crippen molar-refractivity contribution in [1.29, 1.82) is 0 Å². The Bertz CT molecular complexity index is 338. The molecular formula is C14H26N2O2. The predicted octanol–water partition coefficient (Wildman–Crippen LogP) is 1.29. The van der Waals surface area contributed by atoms with Crippen molar-refractivity contribution in [3.8, 4) is 0 Å². The summed E-state index contributed by atoms with van der Waals surface area (Å²) in [6, 6.07) is -0.118. The fourth-order valence-electron chi connectivity index (χ4n) is 4.29. The number of hydrogen-bond acceptors (Lipinski definition) is 4. The van der Waals surface area contributed by atoms with Crippen molar-refractivity contribution in [2.24, 2.45) is 22.5 Å². The molecule has 0 aliphatic heterocycles. The quantitative estimate of drug-likeness (QED) is 0.742. The minimum atomic E-state index is -0.562. The molecule has 0 saturated heterocycles. The first-order valence-electron chi connectivity index (χ1n) is 6.88. The van der Waals surface area contributed by atoms with Gasteiger partial charge in [0, 0.05) is 12.6 Å². The molecular weight excluding hydrogens is 228 g/mol. The third-order valence-corrected chi connectivity index (χ3v) is 5.32. The van der Waals surface area contributed by atoms with Crippen molar-refractivity contribution in [3.05, 3.63) is 0 Å². The SMILES string of the molecule is COC(=O)C(N)CNC1C2(C)CCC(C2)C1(C)C. The maximum absolute atomic E-state index is 11.3. The molecule has 2 fully saturated rings. The van der Waals surface area contributed by atoms with Gasteiger partial charge in [-0.15, -0.1) is 0 Å². The van der Waals surface area contributed by atoms with Crippen LogP contribution in [0.5, 0.6) is 0 Å². The summed E-state index contributed by atoms with van der Waals surface area (Å²) in [5.74, 6) is 0.461. The normalized spacial score (nSPS) is 38.7. The lowest BCUT2D eigenvalue weighted by atomic mass is 9.68. The molecule has 3 N–H and O–H groups in total. The van der Waals surface area contributed by atoms with E-state index in [9.17, 15) is 4.79 Å². The van der Waals surface area contributed by atoms with E-state index in [0.717, 1.165) is 5.92 Å². The summed E-state index contributed by atoms with van der Waals surface area (Å²) in [5, 5.41) is 3.53. The van der Waals surface area contributed by atoms with Crippen LogP contribution in [-0.4, -0.2) is 31.7 Å². The van der Waals surface area contributed by atoms with Gasteiger partial charge in [-0.1, -0.05) is 20.8 Å². The average Bonchev–Trinajstić information content (AvgIpc) is 2.78. The van der Waals surface area contributed by atoms with E-state index in [1.165, 1.54) is 26.4 Å². The Hall–Kier alpha value is -0.610. The molecule has 2 bridgehead atoms. The van der Waals surface area contributed by atoms with Gasteiger partial charge in [0.25, 0.3) is 0 Å². The molecule has 0 aromatic carbocycles. The minimum absolute atomic E-state index is 0.294. The van der Waals surface area contributed by atoms with Crippen LogP contribution in [0.15, 0.2) is 0 Å². The van der Waals surface area contributed by atoms with Crippen LogP contribution in [0.1, 0.15) is 40.0 Å². The lowest BCUT2D eigenvalue weighted by Gasteiger charge is -2.43. The molecule has 0 spiro atoms. The first-order valence-corrected chi connectivity index (χ1v) is 6.88. The molecule has 0 heterocycles. The number of carbonyl (C=O) groups excluding carboxylic acids is 1. The van der Waals surface area contributed by atoms with Crippen molar-refractivity contribution >= 4 is 5.97 Å². The van der Waals surface area contributed by atoms with Gasteiger partial charge in [-0.25, -0.2) is 0 Å². The van der Waals surface area contributed by atoms with Crippen LogP contribution >= 0.6 is 0 Å². The summed E-state index contributed by atoms with van der Waals surface area (Å²) in [5.41, 5.74) is 6.46. The van der Waals surface area contributed by atoms with Gasteiger partial charge in [-0.2, -0.15) is 0 Å². The first kappa shape index (κ1) is 13.8. The summed E-state index contributed by atoms with van der Waals surface area (Å²) in [4.78, 5) is 11.3. The van der Waals surface area contributed by atoms with Gasteiger partial charge in [0.1, 0.15) is 6.04 Å². The lowest BCUT2D eigenvalue weighted by molar-refractivity contribution is -0.142. The Kier molecular flexibility index (Phi) is 3.45. The van der Waals surface area contributed by atoms with Crippen LogP contribution < -0.4 is 11.1 Å². The Morgan fingerprint density at radius 3 is 2.67 bits per heavy atom. The highest BCUT2D eigenvalue weighted by Gasteiger charge is 2.58. The highest BCUT2D eigenvalue weighted by Crippen LogP contribution is 2.62. The van der Waals surface area contributed by atoms with Crippen molar-refractivity contribution in [1.82, 2.24) is 5.32 Å². The number of ether oxygens (including phenoxy) is 1. The van der Waals surface area contributed by atoms with Gasteiger partial charge in [0.05, 0.1) is 7.11 Å². The molecule has 2 saturated carbocycles. The van der Waals surface area contributed by atoms with Crippen LogP contribution in [0, 0.1) is 16.7 Å². The van der Waals surface area contributed by atoms with E-state index >= 15 is 0 Å². The van der Waals surface area contributed by atoms with Gasteiger partial charge >= 0.3 is 5.97 Å². The van der Waals surface area contributed by atoms with Crippen molar-refractivity contribution < 1.29 is 9.53 Å². The van der Waals surface area contributed by atoms with Gasteiger partial charge in [0.2, 0.25) is 0 Å². The molecule has 4 atom stereocenters. The monoisotopic (exact) mass is 254 g/mol. The molecule has 4 unspecified atom stereocenters. The zero-order valence-corrected chi connectivity index (χ0v) is 12.0. The molecule has 4 heteroatoms. The zero-order valence-electron chi connectivity index (χ0n) is 12.0. The Labute approximate surface area is 110 Å². The highest BCUT2D eigenvalue weighted by molar-refractivity contribution is 5.75. The lowest BCUT2D eigenvalue weighted by Crippen LogP contribution is -2.54. The molecule has 0 aromatic heterocycles. The molecule has 0 amide bonds. The average molecular weight is 254 g/mol. The van der Waals surface area contributed by atoms with E-state index in [1.54, 1.807) is 0 Å². The van der Waals surface area contributed by atoms with Gasteiger partial charge in [-0.05, 0) is 36.0 Å². The number of nitrogens with one attached hydrogen (secondary N) is 1. The van der Waals surface area contributed by atoms with Crippen LogP contribution in [0.4, 0.5) is 0 Å². The molecule has 2 aliphatic carbocycles. The molecule has 18 heavy (non-hydrogen) atoms. The van der Waals surface area contributed by atoms with Crippen molar-refractivity contribution in [3.63, 3.8) is 0 Å². The van der Waals surface area contributed by atoms with E-state index < -0.39 is 6.04 Å². The standard InChI is InChI=1S/C14H26N2O2/c1-13(2)9-5-6-14(3,7-9)12(13)16-8-10(15)11(17)18-4/h9-10,12,16H,5-8,15H2,1-4H3. The van der Waals surface area contributed by atoms with Gasteiger partial charge in [-0.3, -0.25) is 4.79 Å². The Morgan fingerprint density at radius 2 is 2.17 bits per heavy atom. The number of nitrogens with two attached hydrogens (primary N) is 1. The van der Waals surface area contributed by atoms with Crippen LogP contribution in [0.2, 0.25) is 0 Å². The predicted molar refractivity (Wildman–Crippen MR) is 71.0 cm³/mol. The molecule has 104 valence electrons. The number of esters is 1. The summed E-state index contributed by atoms with van der Waals surface area (Å²) in [6.45, 7) is 7.54. The van der Waals surface area contributed by atoms with E-state index in [4.69, 9.17) is 5.73 Å². The smallest absolute Gasteiger partial charge is 0.323 e. The number of fused-ring (bicyclic) bond motifs is 2. The molecule has 0 aromatic rings. The number of rotatable bonds is 4. The second kappa shape index (κ2) is 4.49. The zero-order chi connectivity index (χ0) is 13.6. The van der Waals surface area contributed by atoms with Crippen molar-refractivity contribution in [2.75, 3.05) is 13.7 Å². The molecule has 0 radical (unpaired) electrons. The number of methoxy groups -OCH3 is 1. The molecule has 4 nitrogen and oxygen atoms in total. The summed E-state index contributed by atoms with van der Waals surface area (Å²) >= 11 is 0. The second-order valence-electron chi connectivity index (χ2n) is 6.89. The maximum atomic E-state index is 11.3. The van der Waals surface area contributed by atoms with Gasteiger partial charge in [0.15, 0.2) is 0 Å². The fraction of sp³-hybridized carbons (Fsp3) is 0.929. The number of carbonyl (C=O) groups is 1. The second-order valence-corrected chi connectivity index (χ2v) is 6.89.